The van der Waals surface area contributed by atoms with Crippen LogP contribution in [0.1, 0.15) is 16.4 Å². The van der Waals surface area contributed by atoms with Crippen molar-refractivity contribution in [2.75, 3.05) is 26.3 Å². The quantitative estimate of drug-likeness (QED) is 0.347. The molecule has 1 aromatic heterocycles. The van der Waals surface area contributed by atoms with Crippen molar-refractivity contribution in [3.05, 3.63) is 96.1 Å². The lowest BCUT2D eigenvalue weighted by atomic mass is 10.0. The predicted octanol–water partition coefficient (Wildman–Crippen LogP) is 4.64. The molecule has 0 aliphatic carbocycles. The van der Waals surface area contributed by atoms with Gasteiger partial charge in [-0.2, -0.15) is 4.31 Å². The first-order valence-electron chi connectivity index (χ1n) is 10.9. The van der Waals surface area contributed by atoms with Crippen molar-refractivity contribution in [3.63, 3.8) is 0 Å². The fourth-order valence-electron chi connectivity index (χ4n) is 3.78. The molecule has 5 rings (SSSR count). The van der Waals surface area contributed by atoms with E-state index in [2.05, 4.69) is 34.5 Å². The molecule has 0 radical (unpaired) electrons. The molecule has 0 bridgehead atoms. The summed E-state index contributed by atoms with van der Waals surface area (Å²) in [5, 5.41) is 8.82. The summed E-state index contributed by atoms with van der Waals surface area (Å²) >= 11 is 1.46. The number of morpholine rings is 1. The Bertz CT molecular complexity index is 1300. The maximum absolute atomic E-state index is 13.0. The average Bonchev–Trinajstić information content (AvgIpc) is 3.38. The molecule has 0 spiro atoms. The molecule has 174 valence electrons. The minimum atomic E-state index is -3.62. The normalized spacial score (nSPS) is 15.0. The van der Waals surface area contributed by atoms with Gasteiger partial charge in [-0.15, -0.1) is 10.2 Å². The zero-order valence-corrected chi connectivity index (χ0v) is 19.9. The third-order valence-electron chi connectivity index (χ3n) is 5.52. The highest BCUT2D eigenvalue weighted by molar-refractivity contribution is 7.99. The number of aromatic nitrogens is 2. The molecule has 9 heteroatoms. The van der Waals surface area contributed by atoms with Crippen molar-refractivity contribution in [1.29, 1.82) is 0 Å². The Morgan fingerprint density at radius 3 is 2.12 bits per heavy atom. The Labute approximate surface area is 202 Å². The lowest BCUT2D eigenvalue weighted by Crippen LogP contribution is -2.40. The van der Waals surface area contributed by atoms with E-state index in [1.54, 1.807) is 24.3 Å². The molecule has 1 aliphatic rings. The second-order valence-corrected chi connectivity index (χ2v) is 10.7. The Morgan fingerprint density at radius 1 is 0.824 bits per heavy atom. The van der Waals surface area contributed by atoms with Crippen LogP contribution < -0.4 is 0 Å². The van der Waals surface area contributed by atoms with Crippen LogP contribution in [0.15, 0.2) is 99.5 Å². The van der Waals surface area contributed by atoms with Gasteiger partial charge in [-0.3, -0.25) is 0 Å². The summed E-state index contributed by atoms with van der Waals surface area (Å²) in [6.07, 6.45) is 0. The number of hydrogen-bond donors (Lipinski definition) is 0. The monoisotopic (exact) mass is 493 g/mol. The van der Waals surface area contributed by atoms with Crippen LogP contribution >= 0.6 is 11.8 Å². The van der Waals surface area contributed by atoms with E-state index in [0.29, 0.717) is 37.1 Å². The van der Waals surface area contributed by atoms with Crippen molar-refractivity contribution in [2.24, 2.45) is 0 Å². The molecule has 4 aromatic rings. The molecule has 1 saturated heterocycles. The molecule has 0 amide bonds. The van der Waals surface area contributed by atoms with E-state index < -0.39 is 10.0 Å². The Hall–Kier alpha value is -2.98. The van der Waals surface area contributed by atoms with Gasteiger partial charge in [-0.1, -0.05) is 78.5 Å². The molecular formula is C25H23N3O4S2. The summed E-state index contributed by atoms with van der Waals surface area (Å²) in [6, 6.07) is 26.9. The molecule has 0 saturated carbocycles. The standard InChI is InChI=1S/C25H23N3O4S2/c29-34(30,28-14-16-31-17-15-28)22-13-7-12-21(18-22)24-26-27-25(32-24)33-23(19-8-3-1-4-9-19)20-10-5-2-6-11-20/h1-13,18,23H,14-17H2. The highest BCUT2D eigenvalue weighted by atomic mass is 32.2. The summed E-state index contributed by atoms with van der Waals surface area (Å²) in [5.41, 5.74) is 2.80. The van der Waals surface area contributed by atoms with Crippen molar-refractivity contribution in [2.45, 2.75) is 15.4 Å². The highest BCUT2D eigenvalue weighted by Gasteiger charge is 2.27. The molecule has 0 N–H and O–H groups in total. The third-order valence-corrected chi connectivity index (χ3v) is 8.56. The second kappa shape index (κ2) is 10.1. The zero-order chi connectivity index (χ0) is 23.4. The number of hydrogen-bond acceptors (Lipinski definition) is 7. The summed E-state index contributed by atoms with van der Waals surface area (Å²) in [5.74, 6) is 0.279. The Morgan fingerprint density at radius 2 is 1.47 bits per heavy atom. The van der Waals surface area contributed by atoms with Crippen LogP contribution in [-0.2, 0) is 14.8 Å². The van der Waals surface area contributed by atoms with E-state index >= 15 is 0 Å². The molecule has 0 unspecified atom stereocenters. The number of benzene rings is 3. The lowest BCUT2D eigenvalue weighted by molar-refractivity contribution is 0.0730. The van der Waals surface area contributed by atoms with Crippen molar-refractivity contribution in [3.8, 4) is 11.5 Å². The Balaban J connectivity index is 1.41. The van der Waals surface area contributed by atoms with E-state index in [1.807, 2.05) is 36.4 Å². The van der Waals surface area contributed by atoms with Crippen LogP contribution in [0, 0.1) is 0 Å². The number of sulfonamides is 1. The van der Waals surface area contributed by atoms with Crippen LogP contribution in [-0.4, -0.2) is 49.2 Å². The zero-order valence-electron chi connectivity index (χ0n) is 18.3. The van der Waals surface area contributed by atoms with E-state index in [1.165, 1.54) is 16.1 Å². The fourth-order valence-corrected chi connectivity index (χ4v) is 6.24. The van der Waals surface area contributed by atoms with Gasteiger partial charge in [0.2, 0.25) is 15.9 Å². The number of thioether (sulfide) groups is 1. The van der Waals surface area contributed by atoms with E-state index in [0.717, 1.165) is 11.1 Å². The molecule has 0 atom stereocenters. The van der Waals surface area contributed by atoms with Crippen LogP contribution in [0.25, 0.3) is 11.5 Å². The van der Waals surface area contributed by atoms with Gasteiger partial charge in [0.15, 0.2) is 0 Å². The first-order valence-corrected chi connectivity index (χ1v) is 13.2. The topological polar surface area (TPSA) is 85.5 Å². The van der Waals surface area contributed by atoms with Gasteiger partial charge in [-0.05, 0) is 29.3 Å². The summed E-state index contributed by atoms with van der Waals surface area (Å²) in [7, 11) is -3.62. The molecule has 34 heavy (non-hydrogen) atoms. The smallest absolute Gasteiger partial charge is 0.277 e. The van der Waals surface area contributed by atoms with Crippen molar-refractivity contribution >= 4 is 21.8 Å². The minimum Gasteiger partial charge on any atom is -0.411 e. The van der Waals surface area contributed by atoms with Crippen LogP contribution in [0.2, 0.25) is 0 Å². The van der Waals surface area contributed by atoms with Crippen molar-refractivity contribution < 1.29 is 17.6 Å². The molecular weight excluding hydrogens is 470 g/mol. The van der Waals surface area contributed by atoms with Gasteiger partial charge in [0.05, 0.1) is 23.4 Å². The van der Waals surface area contributed by atoms with Crippen LogP contribution in [0.4, 0.5) is 0 Å². The highest BCUT2D eigenvalue weighted by Crippen LogP contribution is 2.40. The number of nitrogens with zero attached hydrogens (tertiary/aromatic N) is 3. The van der Waals surface area contributed by atoms with Gasteiger partial charge >= 0.3 is 0 Å². The van der Waals surface area contributed by atoms with E-state index in [4.69, 9.17) is 9.15 Å². The minimum absolute atomic E-state index is 0.0243. The number of ether oxygens (including phenoxy) is 1. The molecule has 2 heterocycles. The van der Waals surface area contributed by atoms with Gasteiger partial charge in [0.1, 0.15) is 0 Å². The molecule has 1 aliphatic heterocycles. The summed E-state index contributed by atoms with van der Waals surface area (Å²) in [6.45, 7) is 1.48. The van der Waals surface area contributed by atoms with E-state index in [-0.39, 0.29) is 16.0 Å². The maximum Gasteiger partial charge on any atom is 0.277 e. The second-order valence-electron chi connectivity index (χ2n) is 7.74. The first-order chi connectivity index (χ1) is 16.6. The van der Waals surface area contributed by atoms with Gasteiger partial charge in [-0.25, -0.2) is 8.42 Å². The van der Waals surface area contributed by atoms with Crippen molar-refractivity contribution in [1.82, 2.24) is 14.5 Å². The first kappa shape index (κ1) is 22.8. The van der Waals surface area contributed by atoms with Gasteiger partial charge < -0.3 is 9.15 Å². The van der Waals surface area contributed by atoms with Gasteiger partial charge in [0.25, 0.3) is 5.22 Å². The molecule has 1 fully saturated rings. The molecule has 3 aromatic carbocycles. The van der Waals surface area contributed by atoms with Gasteiger partial charge in [0, 0.05) is 18.7 Å². The van der Waals surface area contributed by atoms with Crippen LogP contribution in [0.3, 0.4) is 0 Å². The SMILES string of the molecule is O=S(=O)(c1cccc(-c2nnc(SC(c3ccccc3)c3ccccc3)o2)c1)N1CCOCC1. The molecule has 7 nitrogen and oxygen atoms in total. The van der Waals surface area contributed by atoms with Crippen LogP contribution in [0.5, 0.6) is 0 Å². The largest absolute Gasteiger partial charge is 0.411 e. The Kier molecular flexibility index (Phi) is 6.77. The predicted molar refractivity (Wildman–Crippen MR) is 130 cm³/mol. The summed E-state index contributed by atoms with van der Waals surface area (Å²) in [4.78, 5) is 0.200. The lowest BCUT2D eigenvalue weighted by Gasteiger charge is -2.26. The maximum atomic E-state index is 13.0. The third kappa shape index (κ3) is 4.92. The number of rotatable bonds is 7. The fraction of sp³-hybridized carbons (Fsp3) is 0.200. The summed E-state index contributed by atoms with van der Waals surface area (Å²) < 4.78 is 38.8. The average molecular weight is 494 g/mol. The van der Waals surface area contributed by atoms with E-state index in [9.17, 15) is 8.42 Å².